The number of carbonyl (C=O) groups excluding carboxylic acids is 1. The summed E-state index contributed by atoms with van der Waals surface area (Å²) < 4.78 is 4.58. The summed E-state index contributed by atoms with van der Waals surface area (Å²) in [6, 6.07) is 0. The van der Waals surface area contributed by atoms with Crippen molar-refractivity contribution in [1.82, 2.24) is 0 Å². The number of rotatable bonds is 1. The molecule has 2 nitrogen and oxygen atoms in total. The van der Waals surface area contributed by atoms with Gasteiger partial charge in [0.25, 0.3) is 0 Å². The van der Waals surface area contributed by atoms with Crippen molar-refractivity contribution in [1.29, 1.82) is 0 Å². The molecule has 0 bridgehead atoms. The largest absolute Gasteiger partial charge is 0.469 e. The average molecular weight is 128 g/mol. The lowest BCUT2D eigenvalue weighted by molar-refractivity contribution is -0.142. The van der Waals surface area contributed by atoms with Crippen LogP contribution < -0.4 is 0 Å². The van der Waals surface area contributed by atoms with Gasteiger partial charge in [0.15, 0.2) is 0 Å². The molecule has 0 aliphatic heterocycles. The molecule has 0 aromatic rings. The van der Waals surface area contributed by atoms with Crippen LogP contribution in [0.15, 0.2) is 0 Å². The lowest BCUT2D eigenvalue weighted by Gasteiger charge is -1.92. The van der Waals surface area contributed by atoms with Crippen molar-refractivity contribution in [3.05, 3.63) is 0 Å². The summed E-state index contributed by atoms with van der Waals surface area (Å²) in [6.45, 7) is 4.15. The first-order valence-corrected chi connectivity index (χ1v) is 3.26. The van der Waals surface area contributed by atoms with Crippen LogP contribution >= 0.6 is 0 Å². The highest BCUT2D eigenvalue weighted by Crippen LogP contribution is 2.45. The fourth-order valence-corrected chi connectivity index (χ4v) is 1.23. The Morgan fingerprint density at radius 3 is 1.89 bits per heavy atom. The minimum absolute atomic E-state index is 0.0463. The number of hydrogen-bond acceptors (Lipinski definition) is 2. The van der Waals surface area contributed by atoms with Gasteiger partial charge in [0.05, 0.1) is 13.0 Å². The van der Waals surface area contributed by atoms with Gasteiger partial charge in [0.1, 0.15) is 0 Å². The van der Waals surface area contributed by atoms with E-state index in [0.717, 1.165) is 0 Å². The van der Waals surface area contributed by atoms with E-state index < -0.39 is 0 Å². The molecule has 0 aromatic heterocycles. The first-order valence-electron chi connectivity index (χ1n) is 3.26. The van der Waals surface area contributed by atoms with Crippen LogP contribution in [0.1, 0.15) is 13.8 Å². The fourth-order valence-electron chi connectivity index (χ4n) is 1.23. The fraction of sp³-hybridized carbons (Fsp3) is 0.857. The molecule has 52 valence electrons. The third-order valence-electron chi connectivity index (χ3n) is 2.29. The Kier molecular flexibility index (Phi) is 1.47. The summed E-state index contributed by atoms with van der Waals surface area (Å²) in [5, 5.41) is 0. The summed E-state index contributed by atoms with van der Waals surface area (Å²) in [5.41, 5.74) is 0. The van der Waals surface area contributed by atoms with E-state index >= 15 is 0 Å². The van der Waals surface area contributed by atoms with Crippen LogP contribution in [0.2, 0.25) is 0 Å². The summed E-state index contributed by atoms with van der Waals surface area (Å²) in [6.07, 6.45) is 0. The van der Waals surface area contributed by atoms with Gasteiger partial charge in [0.2, 0.25) is 0 Å². The molecule has 1 unspecified atom stereocenters. The van der Waals surface area contributed by atoms with Gasteiger partial charge < -0.3 is 4.74 Å². The zero-order chi connectivity index (χ0) is 7.02. The Labute approximate surface area is 55.2 Å². The molecule has 0 aromatic carbocycles. The molecule has 0 spiro atoms. The number of ether oxygens (including phenoxy) is 1. The Bertz CT molecular complexity index is 123. The van der Waals surface area contributed by atoms with Crippen molar-refractivity contribution in [2.24, 2.45) is 17.8 Å². The van der Waals surface area contributed by atoms with Gasteiger partial charge in [-0.15, -0.1) is 0 Å². The molecule has 0 amide bonds. The molecule has 0 saturated heterocycles. The van der Waals surface area contributed by atoms with Crippen LogP contribution in [0.3, 0.4) is 0 Å². The second kappa shape index (κ2) is 2.01. The quantitative estimate of drug-likeness (QED) is 0.493. The first-order chi connectivity index (χ1) is 4.18. The van der Waals surface area contributed by atoms with Gasteiger partial charge in [-0.25, -0.2) is 0 Å². The molecular weight excluding hydrogens is 116 g/mol. The third-order valence-corrected chi connectivity index (χ3v) is 2.29. The van der Waals surface area contributed by atoms with Crippen molar-refractivity contribution >= 4 is 5.97 Å². The van der Waals surface area contributed by atoms with Crippen molar-refractivity contribution in [2.75, 3.05) is 7.11 Å². The highest BCUT2D eigenvalue weighted by atomic mass is 16.5. The number of carbonyl (C=O) groups is 1. The zero-order valence-electron chi connectivity index (χ0n) is 6.05. The maximum atomic E-state index is 10.8. The molecule has 0 radical (unpaired) electrons. The van der Waals surface area contributed by atoms with Crippen LogP contribution in [0.25, 0.3) is 0 Å². The summed E-state index contributed by atoms with van der Waals surface area (Å²) in [4.78, 5) is 10.8. The number of methoxy groups -OCH3 is 1. The van der Waals surface area contributed by atoms with E-state index in [2.05, 4.69) is 18.6 Å². The Morgan fingerprint density at radius 1 is 1.33 bits per heavy atom. The SMILES string of the molecule is COC(=O)C1[C@@H](C)[C@H]1C. The van der Waals surface area contributed by atoms with E-state index in [-0.39, 0.29) is 11.9 Å². The normalized spacial score (nSPS) is 40.1. The molecule has 1 aliphatic carbocycles. The van der Waals surface area contributed by atoms with Gasteiger partial charge in [-0.2, -0.15) is 0 Å². The van der Waals surface area contributed by atoms with E-state index in [1.54, 1.807) is 0 Å². The predicted molar refractivity (Wildman–Crippen MR) is 33.8 cm³/mol. The van der Waals surface area contributed by atoms with E-state index in [9.17, 15) is 4.79 Å². The lowest BCUT2D eigenvalue weighted by atomic mass is 10.3. The van der Waals surface area contributed by atoms with Crippen molar-refractivity contribution in [2.45, 2.75) is 13.8 Å². The Morgan fingerprint density at radius 2 is 1.78 bits per heavy atom. The predicted octanol–water partition coefficient (Wildman–Crippen LogP) is 1.06. The van der Waals surface area contributed by atoms with Gasteiger partial charge >= 0.3 is 5.97 Å². The Hall–Kier alpha value is -0.530. The number of hydrogen-bond donors (Lipinski definition) is 0. The molecule has 1 fully saturated rings. The molecule has 9 heavy (non-hydrogen) atoms. The average Bonchev–Trinajstić information content (AvgIpc) is 2.40. The minimum Gasteiger partial charge on any atom is -0.469 e. The Balaban J connectivity index is 2.40. The van der Waals surface area contributed by atoms with E-state index in [0.29, 0.717) is 11.8 Å². The van der Waals surface area contributed by atoms with Gasteiger partial charge in [-0.05, 0) is 11.8 Å². The molecule has 0 N–H and O–H groups in total. The highest BCUT2D eigenvalue weighted by Gasteiger charge is 2.48. The van der Waals surface area contributed by atoms with Gasteiger partial charge in [-0.3, -0.25) is 4.79 Å². The second-order valence-electron chi connectivity index (χ2n) is 2.77. The van der Waals surface area contributed by atoms with Crippen molar-refractivity contribution in [3.8, 4) is 0 Å². The van der Waals surface area contributed by atoms with Crippen molar-refractivity contribution in [3.63, 3.8) is 0 Å². The van der Waals surface area contributed by atoms with E-state index in [4.69, 9.17) is 0 Å². The summed E-state index contributed by atoms with van der Waals surface area (Å²) in [7, 11) is 1.44. The van der Waals surface area contributed by atoms with Crippen LogP contribution in [-0.4, -0.2) is 13.1 Å². The zero-order valence-corrected chi connectivity index (χ0v) is 6.05. The standard InChI is InChI=1S/C7H12O2/c1-4-5(2)6(4)7(8)9-3/h4-6H,1-3H3/t4-,5+,6?. The first kappa shape index (κ1) is 6.59. The van der Waals surface area contributed by atoms with Crippen molar-refractivity contribution < 1.29 is 9.53 Å². The molecular formula is C7H12O2. The lowest BCUT2D eigenvalue weighted by Crippen LogP contribution is -2.04. The third kappa shape index (κ3) is 0.934. The van der Waals surface area contributed by atoms with Crippen LogP contribution in [0.4, 0.5) is 0 Å². The molecule has 3 atom stereocenters. The summed E-state index contributed by atoms with van der Waals surface area (Å²) >= 11 is 0. The van der Waals surface area contributed by atoms with Crippen LogP contribution in [-0.2, 0) is 9.53 Å². The maximum absolute atomic E-state index is 10.8. The molecule has 1 aliphatic rings. The molecule has 2 heteroatoms. The van der Waals surface area contributed by atoms with Crippen LogP contribution in [0.5, 0.6) is 0 Å². The highest BCUT2D eigenvalue weighted by molar-refractivity contribution is 5.76. The summed E-state index contributed by atoms with van der Waals surface area (Å²) in [5.74, 6) is 1.22. The van der Waals surface area contributed by atoms with E-state index in [1.165, 1.54) is 7.11 Å². The molecule has 1 rings (SSSR count). The molecule has 1 saturated carbocycles. The molecule has 0 heterocycles. The van der Waals surface area contributed by atoms with Crippen LogP contribution in [0, 0.1) is 17.8 Å². The smallest absolute Gasteiger partial charge is 0.309 e. The van der Waals surface area contributed by atoms with Gasteiger partial charge in [0, 0.05) is 0 Å². The van der Waals surface area contributed by atoms with E-state index in [1.807, 2.05) is 0 Å². The second-order valence-corrected chi connectivity index (χ2v) is 2.77. The number of esters is 1. The minimum atomic E-state index is -0.0463. The monoisotopic (exact) mass is 128 g/mol. The van der Waals surface area contributed by atoms with Gasteiger partial charge in [-0.1, -0.05) is 13.8 Å². The maximum Gasteiger partial charge on any atom is 0.309 e. The topological polar surface area (TPSA) is 26.3 Å².